The van der Waals surface area contributed by atoms with Crippen molar-refractivity contribution < 1.29 is 14.5 Å². The molecule has 0 atom stereocenters. The third kappa shape index (κ3) is 5.33. The quantitative estimate of drug-likeness (QED) is 0.264. The Balaban J connectivity index is 1.81. The maximum atomic E-state index is 11.7. The molecule has 23 heavy (non-hydrogen) atoms. The Hall–Kier alpha value is -2.48. The highest BCUT2D eigenvalue weighted by atomic mass is 32.2. The monoisotopic (exact) mass is 333 g/mol. The SMILES string of the molecule is Cc1cc(C)nc(SCC(=O)OCc2ccc([N+](=O)[O-])cc2)n1. The first kappa shape index (κ1) is 16.9. The summed E-state index contributed by atoms with van der Waals surface area (Å²) in [4.78, 5) is 30.3. The van der Waals surface area contributed by atoms with E-state index in [4.69, 9.17) is 4.74 Å². The summed E-state index contributed by atoms with van der Waals surface area (Å²) >= 11 is 1.21. The Labute approximate surface area is 137 Å². The van der Waals surface area contributed by atoms with Crippen LogP contribution in [0.4, 0.5) is 5.69 Å². The first-order chi connectivity index (χ1) is 10.9. The van der Waals surface area contributed by atoms with Crippen LogP contribution >= 0.6 is 11.8 Å². The highest BCUT2D eigenvalue weighted by molar-refractivity contribution is 7.99. The van der Waals surface area contributed by atoms with E-state index in [2.05, 4.69) is 9.97 Å². The highest BCUT2D eigenvalue weighted by Crippen LogP contribution is 2.15. The molecule has 1 aromatic carbocycles. The molecule has 120 valence electrons. The van der Waals surface area contributed by atoms with Crippen molar-refractivity contribution in [2.45, 2.75) is 25.6 Å². The summed E-state index contributed by atoms with van der Waals surface area (Å²) in [7, 11) is 0. The maximum absolute atomic E-state index is 11.7. The van der Waals surface area contributed by atoms with Crippen molar-refractivity contribution in [2.24, 2.45) is 0 Å². The summed E-state index contributed by atoms with van der Waals surface area (Å²) < 4.78 is 5.13. The second-order valence-corrected chi connectivity index (χ2v) is 5.75. The van der Waals surface area contributed by atoms with Crippen LogP contribution in [0.3, 0.4) is 0 Å². The normalized spacial score (nSPS) is 10.3. The highest BCUT2D eigenvalue weighted by Gasteiger charge is 2.09. The number of nitro benzene ring substituents is 1. The van der Waals surface area contributed by atoms with Gasteiger partial charge in [0.05, 0.1) is 10.7 Å². The van der Waals surface area contributed by atoms with Crippen LogP contribution in [0.25, 0.3) is 0 Å². The van der Waals surface area contributed by atoms with Gasteiger partial charge >= 0.3 is 5.97 Å². The number of hydrogen-bond acceptors (Lipinski definition) is 7. The van der Waals surface area contributed by atoms with E-state index in [9.17, 15) is 14.9 Å². The summed E-state index contributed by atoms with van der Waals surface area (Å²) in [5.74, 6) is -0.285. The van der Waals surface area contributed by atoms with Gasteiger partial charge < -0.3 is 4.74 Å². The van der Waals surface area contributed by atoms with Crippen LogP contribution < -0.4 is 0 Å². The maximum Gasteiger partial charge on any atom is 0.316 e. The second kappa shape index (κ2) is 7.68. The van der Waals surface area contributed by atoms with Crippen molar-refractivity contribution in [3.05, 3.63) is 57.4 Å². The summed E-state index contributed by atoms with van der Waals surface area (Å²) in [6.45, 7) is 3.81. The molecular formula is C15H15N3O4S. The molecule has 0 aliphatic rings. The lowest BCUT2D eigenvalue weighted by Crippen LogP contribution is -2.08. The summed E-state index contributed by atoms with van der Waals surface area (Å²) in [5.41, 5.74) is 2.39. The van der Waals surface area contributed by atoms with Gasteiger partial charge in [0.2, 0.25) is 0 Å². The number of ether oxygens (including phenoxy) is 1. The predicted octanol–water partition coefficient (Wildman–Crippen LogP) is 2.84. The first-order valence-corrected chi connectivity index (χ1v) is 7.76. The summed E-state index contributed by atoms with van der Waals surface area (Å²) in [5, 5.41) is 11.1. The fourth-order valence-corrected chi connectivity index (χ4v) is 2.55. The zero-order chi connectivity index (χ0) is 16.8. The number of hydrogen-bond donors (Lipinski definition) is 0. The van der Waals surface area contributed by atoms with Gasteiger partial charge in [-0.3, -0.25) is 14.9 Å². The molecule has 2 aromatic rings. The molecule has 1 aromatic heterocycles. The van der Waals surface area contributed by atoms with Crippen molar-refractivity contribution in [1.29, 1.82) is 0 Å². The van der Waals surface area contributed by atoms with E-state index in [0.29, 0.717) is 10.7 Å². The number of nitrogens with zero attached hydrogens (tertiary/aromatic N) is 3. The molecule has 1 heterocycles. The lowest BCUT2D eigenvalue weighted by molar-refractivity contribution is -0.384. The molecule has 0 N–H and O–H groups in total. The van der Waals surface area contributed by atoms with Gasteiger partial charge in [0.25, 0.3) is 5.69 Å². The van der Waals surface area contributed by atoms with Gasteiger partial charge in [-0.25, -0.2) is 9.97 Å². The second-order valence-electron chi connectivity index (χ2n) is 4.81. The van der Waals surface area contributed by atoms with E-state index >= 15 is 0 Å². The van der Waals surface area contributed by atoms with Gasteiger partial charge in [0, 0.05) is 23.5 Å². The minimum atomic E-state index is -0.476. The van der Waals surface area contributed by atoms with E-state index in [1.54, 1.807) is 12.1 Å². The van der Waals surface area contributed by atoms with Crippen LogP contribution in [0.5, 0.6) is 0 Å². The number of nitro groups is 1. The van der Waals surface area contributed by atoms with Gasteiger partial charge in [0.1, 0.15) is 6.61 Å². The number of aromatic nitrogens is 2. The Bertz CT molecular complexity index is 699. The van der Waals surface area contributed by atoms with Crippen molar-refractivity contribution in [2.75, 3.05) is 5.75 Å². The Morgan fingerprint density at radius 1 is 1.22 bits per heavy atom. The molecule has 0 radical (unpaired) electrons. The molecular weight excluding hydrogens is 318 g/mol. The Kier molecular flexibility index (Phi) is 5.64. The number of thioether (sulfide) groups is 1. The molecule has 0 fully saturated rings. The van der Waals surface area contributed by atoms with Crippen LogP contribution in [0.1, 0.15) is 17.0 Å². The molecule has 0 saturated heterocycles. The molecule has 0 bridgehead atoms. The standard InChI is InChI=1S/C15H15N3O4S/c1-10-7-11(2)17-15(16-10)23-9-14(19)22-8-12-3-5-13(6-4-12)18(20)21/h3-7H,8-9H2,1-2H3. The number of benzene rings is 1. The zero-order valence-electron chi connectivity index (χ0n) is 12.7. The van der Waals surface area contributed by atoms with Crippen LogP contribution in [-0.4, -0.2) is 26.6 Å². The summed E-state index contributed by atoms with van der Waals surface area (Å²) in [6, 6.07) is 7.73. The number of esters is 1. The fraction of sp³-hybridized carbons (Fsp3) is 0.267. The molecule has 0 aliphatic heterocycles. The minimum absolute atomic E-state index is 0.00241. The first-order valence-electron chi connectivity index (χ1n) is 6.78. The Morgan fingerprint density at radius 2 is 1.83 bits per heavy atom. The molecule has 0 saturated carbocycles. The van der Waals surface area contributed by atoms with Crippen LogP contribution in [0, 0.1) is 24.0 Å². The molecule has 7 nitrogen and oxygen atoms in total. The number of rotatable bonds is 6. The third-order valence-electron chi connectivity index (χ3n) is 2.83. The van der Waals surface area contributed by atoms with E-state index in [1.807, 2.05) is 19.9 Å². The average molecular weight is 333 g/mol. The predicted molar refractivity (Wildman–Crippen MR) is 85.1 cm³/mol. The molecule has 0 spiro atoms. The third-order valence-corrected chi connectivity index (χ3v) is 3.65. The molecule has 0 unspecified atom stereocenters. The topological polar surface area (TPSA) is 95.2 Å². The van der Waals surface area contributed by atoms with E-state index in [-0.39, 0.29) is 18.0 Å². The van der Waals surface area contributed by atoms with Gasteiger partial charge in [-0.2, -0.15) is 0 Å². The number of non-ortho nitro benzene ring substituents is 1. The van der Waals surface area contributed by atoms with Gasteiger partial charge in [-0.15, -0.1) is 0 Å². The average Bonchev–Trinajstić information content (AvgIpc) is 2.50. The Morgan fingerprint density at radius 3 is 2.39 bits per heavy atom. The minimum Gasteiger partial charge on any atom is -0.460 e. The van der Waals surface area contributed by atoms with Crippen molar-refractivity contribution in [3.8, 4) is 0 Å². The number of carbonyl (C=O) groups excluding carboxylic acids is 1. The van der Waals surface area contributed by atoms with E-state index in [1.165, 1.54) is 23.9 Å². The van der Waals surface area contributed by atoms with E-state index in [0.717, 1.165) is 11.4 Å². The lowest BCUT2D eigenvalue weighted by Gasteiger charge is -2.05. The van der Waals surface area contributed by atoms with Crippen molar-refractivity contribution in [1.82, 2.24) is 9.97 Å². The zero-order valence-corrected chi connectivity index (χ0v) is 13.5. The van der Waals surface area contributed by atoms with Crippen molar-refractivity contribution in [3.63, 3.8) is 0 Å². The molecule has 8 heteroatoms. The fourth-order valence-electron chi connectivity index (χ4n) is 1.80. The molecule has 0 aliphatic carbocycles. The smallest absolute Gasteiger partial charge is 0.316 e. The number of aryl methyl sites for hydroxylation is 2. The van der Waals surface area contributed by atoms with Crippen LogP contribution in [-0.2, 0) is 16.1 Å². The molecule has 2 rings (SSSR count). The van der Waals surface area contributed by atoms with Gasteiger partial charge in [-0.1, -0.05) is 11.8 Å². The van der Waals surface area contributed by atoms with Crippen LogP contribution in [0.2, 0.25) is 0 Å². The largest absolute Gasteiger partial charge is 0.460 e. The lowest BCUT2D eigenvalue weighted by atomic mass is 10.2. The molecule has 0 amide bonds. The van der Waals surface area contributed by atoms with Gasteiger partial charge in [0.15, 0.2) is 5.16 Å². The van der Waals surface area contributed by atoms with Crippen molar-refractivity contribution >= 4 is 23.4 Å². The van der Waals surface area contributed by atoms with Gasteiger partial charge in [-0.05, 0) is 37.6 Å². The van der Waals surface area contributed by atoms with Crippen LogP contribution in [0.15, 0.2) is 35.5 Å². The van der Waals surface area contributed by atoms with E-state index < -0.39 is 10.9 Å². The number of carbonyl (C=O) groups is 1. The summed E-state index contributed by atoms with van der Waals surface area (Å²) in [6.07, 6.45) is 0.